The van der Waals surface area contributed by atoms with E-state index in [0.717, 1.165) is 0 Å². The zero-order chi connectivity index (χ0) is 21.3. The van der Waals surface area contributed by atoms with Crippen LogP contribution in [0.15, 0.2) is 0 Å². The Balaban J connectivity index is 3.21. The summed E-state index contributed by atoms with van der Waals surface area (Å²) >= 11 is 0. The third-order valence-corrected chi connectivity index (χ3v) is 3.70. The van der Waals surface area contributed by atoms with Crippen LogP contribution in [-0.4, -0.2) is 74.2 Å². The third-order valence-electron chi connectivity index (χ3n) is 3.70. The third kappa shape index (κ3) is 7.79. The minimum absolute atomic E-state index is 0.211. The monoisotopic (exact) mass is 404 g/mol. The van der Waals surface area contributed by atoms with Gasteiger partial charge in [0.15, 0.2) is 18.5 Å². The summed E-state index contributed by atoms with van der Waals surface area (Å²) in [5.41, 5.74) is 5.46. The molecule has 1 heterocycles. The predicted octanol–water partition coefficient (Wildman–Crippen LogP) is -0.992. The molecule has 160 valence electrons. The molecule has 11 heteroatoms. The lowest BCUT2D eigenvalue weighted by Gasteiger charge is -2.44. The summed E-state index contributed by atoms with van der Waals surface area (Å²) in [6.45, 7) is 5.15. The molecule has 0 aromatic rings. The van der Waals surface area contributed by atoms with Gasteiger partial charge in [-0.25, -0.2) is 0 Å². The van der Waals surface area contributed by atoms with E-state index in [4.69, 9.17) is 29.4 Å². The molecule has 11 nitrogen and oxygen atoms in total. The molecule has 1 saturated heterocycles. The second-order valence-corrected chi connectivity index (χ2v) is 6.23. The maximum Gasteiger partial charge on any atom is 0.303 e. The number of nitrogens with two attached hydrogens (primary N) is 1. The fraction of sp³-hybridized carbons (Fsp3) is 0.765. The molecule has 0 aliphatic carbocycles. The van der Waals surface area contributed by atoms with Gasteiger partial charge in [0.2, 0.25) is 5.91 Å². The van der Waals surface area contributed by atoms with Gasteiger partial charge in [-0.2, -0.15) is 0 Å². The van der Waals surface area contributed by atoms with Gasteiger partial charge in [0, 0.05) is 27.7 Å². The number of esters is 3. The molecule has 1 fully saturated rings. The molecule has 1 aliphatic heterocycles. The van der Waals surface area contributed by atoms with E-state index in [0.29, 0.717) is 13.0 Å². The number of amides is 1. The Morgan fingerprint density at radius 3 is 2.07 bits per heavy atom. The Kier molecular flexibility index (Phi) is 9.83. The summed E-state index contributed by atoms with van der Waals surface area (Å²) in [5, 5.41) is 2.61. The Morgan fingerprint density at radius 2 is 1.57 bits per heavy atom. The fourth-order valence-electron chi connectivity index (χ4n) is 2.72. The van der Waals surface area contributed by atoms with Crippen molar-refractivity contribution < 1.29 is 42.9 Å². The number of carbonyl (C=O) groups is 4. The van der Waals surface area contributed by atoms with Crippen LogP contribution in [0.3, 0.4) is 0 Å². The summed E-state index contributed by atoms with van der Waals surface area (Å²) in [4.78, 5) is 46.1. The van der Waals surface area contributed by atoms with Gasteiger partial charge in [-0.15, -0.1) is 0 Å². The van der Waals surface area contributed by atoms with Gasteiger partial charge in [-0.05, 0) is 13.0 Å². The molecule has 28 heavy (non-hydrogen) atoms. The summed E-state index contributed by atoms with van der Waals surface area (Å²) in [5.74, 6) is -2.33. The summed E-state index contributed by atoms with van der Waals surface area (Å²) in [6.07, 6.45) is -3.76. The quantitative estimate of drug-likeness (QED) is 0.278. The van der Waals surface area contributed by atoms with Crippen molar-refractivity contribution in [1.29, 1.82) is 0 Å². The fourth-order valence-corrected chi connectivity index (χ4v) is 2.72. The molecule has 0 aromatic carbocycles. The van der Waals surface area contributed by atoms with Crippen molar-refractivity contribution in [3.05, 3.63) is 0 Å². The van der Waals surface area contributed by atoms with Gasteiger partial charge in [0.1, 0.15) is 18.8 Å². The Morgan fingerprint density at radius 1 is 0.964 bits per heavy atom. The first-order valence-electron chi connectivity index (χ1n) is 8.87. The number of hydrogen-bond acceptors (Lipinski definition) is 10. The molecule has 1 unspecified atom stereocenters. The van der Waals surface area contributed by atoms with Gasteiger partial charge in [0.05, 0.1) is 6.61 Å². The van der Waals surface area contributed by atoms with Gasteiger partial charge < -0.3 is 34.7 Å². The van der Waals surface area contributed by atoms with E-state index < -0.39 is 54.5 Å². The van der Waals surface area contributed by atoms with E-state index in [9.17, 15) is 19.2 Å². The molecule has 0 aromatic heterocycles. The lowest BCUT2D eigenvalue weighted by atomic mass is 9.96. The predicted molar refractivity (Wildman–Crippen MR) is 93.6 cm³/mol. The van der Waals surface area contributed by atoms with E-state index in [1.54, 1.807) is 0 Å². The van der Waals surface area contributed by atoms with E-state index in [1.165, 1.54) is 27.7 Å². The van der Waals surface area contributed by atoms with Gasteiger partial charge >= 0.3 is 17.9 Å². The summed E-state index contributed by atoms with van der Waals surface area (Å²) < 4.78 is 27.0. The van der Waals surface area contributed by atoms with Crippen molar-refractivity contribution in [2.45, 2.75) is 64.8 Å². The first-order chi connectivity index (χ1) is 13.1. The van der Waals surface area contributed by atoms with E-state index >= 15 is 0 Å². The van der Waals surface area contributed by atoms with Crippen LogP contribution in [0.1, 0.15) is 34.1 Å². The second kappa shape index (κ2) is 11.6. The van der Waals surface area contributed by atoms with Crippen molar-refractivity contribution in [2.75, 3.05) is 19.8 Å². The van der Waals surface area contributed by atoms with Crippen molar-refractivity contribution in [3.8, 4) is 0 Å². The highest BCUT2D eigenvalue weighted by atomic mass is 16.7. The van der Waals surface area contributed by atoms with Crippen LogP contribution in [-0.2, 0) is 42.9 Å². The van der Waals surface area contributed by atoms with Crippen LogP contribution in [0.25, 0.3) is 0 Å². The topological polar surface area (TPSA) is 152 Å². The molecule has 1 aliphatic rings. The molecule has 0 spiro atoms. The van der Waals surface area contributed by atoms with Crippen LogP contribution in [0.2, 0.25) is 0 Å². The Labute approximate surface area is 163 Å². The molecular formula is C17H28N2O9. The molecule has 0 radical (unpaired) electrons. The average molecular weight is 404 g/mol. The SMILES string of the molecule is CC(=O)N[C@H]1C(OCCCN)O[C@H](COC(C)=O)[C@H](OC(C)=O)[C@@H]1OC(C)=O. The molecule has 1 amide bonds. The van der Waals surface area contributed by atoms with Crippen LogP contribution >= 0.6 is 0 Å². The van der Waals surface area contributed by atoms with Crippen molar-refractivity contribution in [3.63, 3.8) is 0 Å². The normalized spacial score (nSPS) is 26.8. The Hall–Kier alpha value is -2.24. The van der Waals surface area contributed by atoms with Crippen molar-refractivity contribution in [2.24, 2.45) is 5.73 Å². The number of carbonyl (C=O) groups excluding carboxylic acids is 4. The van der Waals surface area contributed by atoms with E-state index in [2.05, 4.69) is 5.32 Å². The number of ether oxygens (including phenoxy) is 5. The molecular weight excluding hydrogens is 376 g/mol. The summed E-state index contributed by atoms with van der Waals surface area (Å²) in [6, 6.07) is -0.961. The zero-order valence-corrected chi connectivity index (χ0v) is 16.5. The lowest BCUT2D eigenvalue weighted by molar-refractivity contribution is -0.277. The van der Waals surface area contributed by atoms with Crippen LogP contribution in [0.4, 0.5) is 0 Å². The maximum absolute atomic E-state index is 11.7. The van der Waals surface area contributed by atoms with Crippen LogP contribution in [0, 0.1) is 0 Å². The highest BCUT2D eigenvalue weighted by Gasteiger charge is 2.51. The van der Waals surface area contributed by atoms with Crippen LogP contribution < -0.4 is 11.1 Å². The lowest BCUT2D eigenvalue weighted by Crippen LogP contribution is -2.66. The molecule has 0 saturated carbocycles. The van der Waals surface area contributed by atoms with Gasteiger partial charge in [-0.1, -0.05) is 0 Å². The number of rotatable bonds is 9. The molecule has 3 N–H and O–H groups in total. The minimum Gasteiger partial charge on any atom is -0.463 e. The first kappa shape index (κ1) is 23.8. The largest absolute Gasteiger partial charge is 0.463 e. The minimum atomic E-state index is -1.13. The van der Waals surface area contributed by atoms with Crippen molar-refractivity contribution >= 4 is 23.8 Å². The Bertz CT molecular complexity index is 569. The van der Waals surface area contributed by atoms with E-state index in [-0.39, 0.29) is 13.2 Å². The second-order valence-electron chi connectivity index (χ2n) is 6.23. The zero-order valence-electron chi connectivity index (χ0n) is 16.5. The summed E-state index contributed by atoms with van der Waals surface area (Å²) in [7, 11) is 0. The standard InChI is InChI=1S/C17H28N2O9/c1-9(20)19-14-16(27-12(4)23)15(26-11(3)22)13(8-25-10(2)21)28-17(14)24-7-5-6-18/h13-17H,5-8,18H2,1-4H3,(H,19,20)/t13-,14-,15+,16-,17?/m1/s1. The first-order valence-corrected chi connectivity index (χ1v) is 8.87. The van der Waals surface area contributed by atoms with Crippen LogP contribution in [0.5, 0.6) is 0 Å². The van der Waals surface area contributed by atoms with Gasteiger partial charge in [-0.3, -0.25) is 19.2 Å². The van der Waals surface area contributed by atoms with Gasteiger partial charge in [0.25, 0.3) is 0 Å². The highest BCUT2D eigenvalue weighted by Crippen LogP contribution is 2.28. The molecule has 0 bridgehead atoms. The van der Waals surface area contributed by atoms with E-state index in [1.807, 2.05) is 0 Å². The smallest absolute Gasteiger partial charge is 0.303 e. The average Bonchev–Trinajstić information content (AvgIpc) is 2.57. The van der Waals surface area contributed by atoms with Crippen molar-refractivity contribution in [1.82, 2.24) is 5.32 Å². The highest BCUT2D eigenvalue weighted by molar-refractivity contribution is 5.73. The molecule has 5 atom stereocenters. The maximum atomic E-state index is 11.7. The number of nitrogens with one attached hydrogen (secondary N) is 1. The number of hydrogen-bond donors (Lipinski definition) is 2. The molecule has 1 rings (SSSR count).